The van der Waals surface area contributed by atoms with Crippen molar-refractivity contribution in [2.24, 2.45) is 0 Å². The molecule has 0 radical (unpaired) electrons. The summed E-state index contributed by atoms with van der Waals surface area (Å²) in [6, 6.07) is 14.6. The molecule has 3 aromatic rings. The van der Waals surface area contributed by atoms with Crippen LogP contribution in [0.2, 0.25) is 0 Å². The molecule has 0 saturated carbocycles. The first-order valence-corrected chi connectivity index (χ1v) is 10.1. The van der Waals surface area contributed by atoms with Crippen LogP contribution in [0.25, 0.3) is 0 Å². The van der Waals surface area contributed by atoms with Crippen LogP contribution in [0.5, 0.6) is 11.5 Å². The van der Waals surface area contributed by atoms with Gasteiger partial charge in [0.2, 0.25) is 0 Å². The highest BCUT2D eigenvalue weighted by Gasteiger charge is 2.12. The van der Waals surface area contributed by atoms with Crippen molar-refractivity contribution >= 4 is 11.9 Å². The summed E-state index contributed by atoms with van der Waals surface area (Å²) in [5, 5.41) is 22.2. The first-order chi connectivity index (χ1) is 15.7. The normalized spacial score (nSPS) is 10.2. The summed E-state index contributed by atoms with van der Waals surface area (Å²) in [5.74, 6) is -1.44. The zero-order chi connectivity index (χ0) is 24.4. The fourth-order valence-electron chi connectivity index (χ4n) is 2.86. The molecule has 0 bridgehead atoms. The van der Waals surface area contributed by atoms with Gasteiger partial charge in [0.05, 0.1) is 18.4 Å². The highest BCUT2D eigenvalue weighted by atomic mass is 16.5. The second kappa shape index (κ2) is 12.3. The molecule has 0 amide bonds. The van der Waals surface area contributed by atoms with Gasteiger partial charge in [-0.3, -0.25) is 0 Å². The average molecular weight is 456 g/mol. The van der Waals surface area contributed by atoms with Gasteiger partial charge in [-0.1, -0.05) is 41.1 Å². The molecule has 9 nitrogen and oxygen atoms in total. The molecule has 9 heteroatoms. The van der Waals surface area contributed by atoms with Crippen LogP contribution in [-0.4, -0.2) is 34.4 Å². The molecule has 0 saturated heterocycles. The quantitative estimate of drug-likeness (QED) is 0.435. The Balaban J connectivity index is 0.000000569. The van der Waals surface area contributed by atoms with Crippen molar-refractivity contribution < 1.29 is 33.8 Å². The molecule has 0 fully saturated rings. The molecule has 1 aromatic heterocycles. The van der Waals surface area contributed by atoms with E-state index in [-0.39, 0.29) is 0 Å². The highest BCUT2D eigenvalue weighted by Crippen LogP contribution is 2.29. The average Bonchev–Trinajstić information content (AvgIpc) is 3.11. The lowest BCUT2D eigenvalue weighted by Gasteiger charge is -2.13. The molecule has 0 spiro atoms. The van der Waals surface area contributed by atoms with Gasteiger partial charge >= 0.3 is 11.9 Å². The maximum Gasteiger partial charge on any atom is 0.414 e. The Morgan fingerprint density at radius 1 is 0.939 bits per heavy atom. The third-order valence-corrected chi connectivity index (χ3v) is 4.74. The molecule has 2 aromatic carbocycles. The van der Waals surface area contributed by atoms with Crippen LogP contribution in [0.1, 0.15) is 33.7 Å². The van der Waals surface area contributed by atoms with Gasteiger partial charge in [0.25, 0.3) is 0 Å². The fraction of sp³-hybridized carbons (Fsp3) is 0.292. The van der Waals surface area contributed by atoms with Gasteiger partial charge in [-0.05, 0) is 44.0 Å². The number of aliphatic carboxylic acids is 2. The number of benzene rings is 2. The largest absolute Gasteiger partial charge is 0.493 e. The molecule has 3 N–H and O–H groups in total. The second-order valence-corrected chi connectivity index (χ2v) is 7.28. The molecule has 0 aliphatic heterocycles. The smallest absolute Gasteiger partial charge is 0.414 e. The number of carboxylic acids is 2. The summed E-state index contributed by atoms with van der Waals surface area (Å²) in [4.78, 5) is 18.2. The molecule has 1 heterocycles. The van der Waals surface area contributed by atoms with E-state index in [4.69, 9.17) is 33.8 Å². The Bertz CT molecular complexity index is 1040. The van der Waals surface area contributed by atoms with E-state index < -0.39 is 11.9 Å². The van der Waals surface area contributed by atoms with Gasteiger partial charge in [-0.25, -0.2) is 9.59 Å². The molecule has 0 unspecified atom stereocenters. The van der Waals surface area contributed by atoms with Gasteiger partial charge in [-0.15, -0.1) is 0 Å². The van der Waals surface area contributed by atoms with Gasteiger partial charge in [0, 0.05) is 13.1 Å². The molecule has 176 valence electrons. The van der Waals surface area contributed by atoms with E-state index in [2.05, 4.69) is 41.7 Å². The highest BCUT2D eigenvalue weighted by molar-refractivity contribution is 6.27. The van der Waals surface area contributed by atoms with Crippen molar-refractivity contribution in [2.75, 3.05) is 7.11 Å². The van der Waals surface area contributed by atoms with E-state index in [1.54, 1.807) is 7.11 Å². The number of nitrogens with zero attached hydrogens (tertiary/aromatic N) is 1. The second-order valence-electron chi connectivity index (χ2n) is 7.28. The summed E-state index contributed by atoms with van der Waals surface area (Å²) in [6.07, 6.45) is 0. The third-order valence-electron chi connectivity index (χ3n) is 4.74. The third kappa shape index (κ3) is 7.97. The molecule has 33 heavy (non-hydrogen) atoms. The van der Waals surface area contributed by atoms with Gasteiger partial charge < -0.3 is 29.5 Å². The fourth-order valence-corrected chi connectivity index (χ4v) is 2.86. The van der Waals surface area contributed by atoms with Crippen molar-refractivity contribution in [3.63, 3.8) is 0 Å². The van der Waals surface area contributed by atoms with Crippen LogP contribution in [0, 0.1) is 20.8 Å². The van der Waals surface area contributed by atoms with Crippen LogP contribution >= 0.6 is 0 Å². The van der Waals surface area contributed by atoms with Crippen molar-refractivity contribution in [1.82, 2.24) is 10.5 Å². The van der Waals surface area contributed by atoms with E-state index in [9.17, 15) is 0 Å². The molecule has 0 atom stereocenters. The standard InChI is InChI=1S/C22H26N2O3.C2H2O4/c1-15-5-7-18(8-6-15)12-23-13-19-9-10-21(22(11-19)25-4)26-14-20-16(2)24-27-17(20)3;3-1(4)2(5)6/h5-11,23H,12-14H2,1-4H3;(H,3,4)(H,5,6). The number of carbonyl (C=O) groups is 2. The van der Waals surface area contributed by atoms with Crippen LogP contribution < -0.4 is 14.8 Å². The van der Waals surface area contributed by atoms with Crippen LogP contribution in [0.3, 0.4) is 0 Å². The van der Waals surface area contributed by atoms with Crippen LogP contribution in [-0.2, 0) is 29.3 Å². The monoisotopic (exact) mass is 456 g/mol. The number of aromatic nitrogens is 1. The van der Waals surface area contributed by atoms with Gasteiger partial charge in [0.1, 0.15) is 12.4 Å². The minimum absolute atomic E-state index is 0.405. The topological polar surface area (TPSA) is 131 Å². The number of hydrogen-bond acceptors (Lipinski definition) is 7. The Morgan fingerprint density at radius 3 is 2.09 bits per heavy atom. The van der Waals surface area contributed by atoms with E-state index in [0.717, 1.165) is 41.4 Å². The van der Waals surface area contributed by atoms with Crippen molar-refractivity contribution in [2.45, 2.75) is 40.5 Å². The Kier molecular flexibility index (Phi) is 9.44. The summed E-state index contributed by atoms with van der Waals surface area (Å²) >= 11 is 0. The van der Waals surface area contributed by atoms with Crippen molar-refractivity contribution in [1.29, 1.82) is 0 Å². The lowest BCUT2D eigenvalue weighted by Crippen LogP contribution is -2.12. The van der Waals surface area contributed by atoms with E-state index in [1.165, 1.54) is 11.1 Å². The lowest BCUT2D eigenvalue weighted by atomic mass is 10.1. The summed E-state index contributed by atoms with van der Waals surface area (Å²) < 4.78 is 16.6. The number of nitrogens with one attached hydrogen (secondary N) is 1. The van der Waals surface area contributed by atoms with E-state index >= 15 is 0 Å². The Hall–Kier alpha value is -3.85. The first-order valence-electron chi connectivity index (χ1n) is 10.1. The number of rotatable bonds is 8. The van der Waals surface area contributed by atoms with Gasteiger partial charge in [0.15, 0.2) is 11.5 Å². The van der Waals surface area contributed by atoms with Crippen molar-refractivity contribution in [3.8, 4) is 11.5 Å². The lowest BCUT2D eigenvalue weighted by molar-refractivity contribution is -0.159. The van der Waals surface area contributed by atoms with Crippen LogP contribution in [0.4, 0.5) is 0 Å². The Morgan fingerprint density at radius 2 is 1.55 bits per heavy atom. The summed E-state index contributed by atoms with van der Waals surface area (Å²) in [6.45, 7) is 7.89. The number of ether oxygens (including phenoxy) is 2. The molecule has 0 aliphatic rings. The van der Waals surface area contributed by atoms with Crippen LogP contribution in [0.15, 0.2) is 47.0 Å². The summed E-state index contributed by atoms with van der Waals surface area (Å²) in [7, 11) is 1.65. The van der Waals surface area contributed by atoms with Crippen molar-refractivity contribution in [3.05, 3.63) is 76.2 Å². The molecular formula is C24H28N2O7. The summed E-state index contributed by atoms with van der Waals surface area (Å²) in [5.41, 5.74) is 5.51. The number of carboxylic acid groups (broad SMARTS) is 2. The molecule has 0 aliphatic carbocycles. The number of methoxy groups -OCH3 is 1. The number of aryl methyl sites for hydroxylation is 3. The maximum absolute atomic E-state index is 9.10. The molecular weight excluding hydrogens is 428 g/mol. The minimum atomic E-state index is -1.82. The van der Waals surface area contributed by atoms with E-state index in [0.29, 0.717) is 12.4 Å². The minimum Gasteiger partial charge on any atom is -0.493 e. The number of hydrogen-bond donors (Lipinski definition) is 3. The maximum atomic E-state index is 9.10. The van der Waals surface area contributed by atoms with Gasteiger partial charge in [-0.2, -0.15) is 0 Å². The predicted molar refractivity (Wildman–Crippen MR) is 120 cm³/mol. The Labute approximate surface area is 191 Å². The first kappa shape index (κ1) is 25.4. The molecule has 3 rings (SSSR count). The SMILES string of the molecule is COc1cc(CNCc2ccc(C)cc2)ccc1OCc1c(C)noc1C.O=C(O)C(=O)O. The zero-order valence-corrected chi connectivity index (χ0v) is 19.0. The van der Waals surface area contributed by atoms with E-state index in [1.807, 2.05) is 32.0 Å². The predicted octanol–water partition coefficient (Wildman–Crippen LogP) is 3.63. The zero-order valence-electron chi connectivity index (χ0n) is 19.0.